The van der Waals surface area contributed by atoms with Crippen LogP contribution in [-0.4, -0.2) is 6.61 Å². The lowest BCUT2D eigenvalue weighted by atomic mass is 10.3. The van der Waals surface area contributed by atoms with Gasteiger partial charge in [-0.25, -0.2) is 0 Å². The van der Waals surface area contributed by atoms with Gasteiger partial charge < -0.3 is 4.74 Å². The van der Waals surface area contributed by atoms with Crippen molar-refractivity contribution in [3.63, 3.8) is 0 Å². The fourth-order valence-electron chi connectivity index (χ4n) is 0.758. The third kappa shape index (κ3) is 2.48. The summed E-state index contributed by atoms with van der Waals surface area (Å²) in [4.78, 5) is 0. The Bertz CT molecular complexity index is 266. The van der Waals surface area contributed by atoms with Gasteiger partial charge in [-0.1, -0.05) is 12.7 Å². The van der Waals surface area contributed by atoms with Crippen LogP contribution >= 0.6 is 8.46 Å². The molecule has 2 nitrogen and oxygen atoms in total. The molecule has 0 aliphatic heterocycles. The summed E-state index contributed by atoms with van der Waals surface area (Å²) in [5.74, 6) is 0.766. The van der Waals surface area contributed by atoms with Gasteiger partial charge in [0.15, 0.2) is 8.46 Å². The molecule has 0 radical (unpaired) electrons. The van der Waals surface area contributed by atoms with Crippen molar-refractivity contribution in [3.8, 4) is 5.75 Å². The second-order valence-corrected chi connectivity index (χ2v) is 2.88. The molecular formula is C9H9O2P. The van der Waals surface area contributed by atoms with Crippen molar-refractivity contribution in [2.45, 2.75) is 0 Å². The molecule has 0 aliphatic carbocycles. The van der Waals surface area contributed by atoms with E-state index in [2.05, 4.69) is 6.58 Å². The van der Waals surface area contributed by atoms with Crippen molar-refractivity contribution < 1.29 is 9.30 Å². The topological polar surface area (TPSA) is 26.3 Å². The van der Waals surface area contributed by atoms with E-state index in [0.29, 0.717) is 6.61 Å². The maximum atomic E-state index is 10.4. The second-order valence-electron chi connectivity index (χ2n) is 2.18. The van der Waals surface area contributed by atoms with E-state index in [0.717, 1.165) is 11.1 Å². The SMILES string of the molecule is C=CCOc1ccc(P=O)cc1. The molecular weight excluding hydrogens is 171 g/mol. The molecule has 1 rings (SSSR count). The van der Waals surface area contributed by atoms with Gasteiger partial charge >= 0.3 is 0 Å². The zero-order valence-corrected chi connectivity index (χ0v) is 7.46. The number of rotatable bonds is 4. The van der Waals surface area contributed by atoms with Crippen LogP contribution in [0.1, 0.15) is 0 Å². The van der Waals surface area contributed by atoms with Crippen molar-refractivity contribution in [1.82, 2.24) is 0 Å². The Morgan fingerprint density at radius 1 is 1.42 bits per heavy atom. The molecule has 1 aromatic carbocycles. The van der Waals surface area contributed by atoms with Crippen LogP contribution in [0.25, 0.3) is 0 Å². The summed E-state index contributed by atoms with van der Waals surface area (Å²) in [5, 5.41) is 0.751. The average Bonchev–Trinajstić information content (AvgIpc) is 2.15. The minimum atomic E-state index is 0.0393. The van der Waals surface area contributed by atoms with Crippen molar-refractivity contribution in [2.75, 3.05) is 6.61 Å². The molecule has 0 saturated heterocycles. The lowest BCUT2D eigenvalue weighted by molar-refractivity contribution is 0.363. The van der Waals surface area contributed by atoms with E-state index >= 15 is 0 Å². The summed E-state index contributed by atoms with van der Waals surface area (Å²) >= 11 is 0. The third-order valence-corrected chi connectivity index (χ3v) is 1.82. The first-order chi connectivity index (χ1) is 5.86. The van der Waals surface area contributed by atoms with E-state index in [1.807, 2.05) is 0 Å². The minimum Gasteiger partial charge on any atom is -0.490 e. The molecule has 0 heterocycles. The van der Waals surface area contributed by atoms with Gasteiger partial charge in [0.2, 0.25) is 0 Å². The van der Waals surface area contributed by atoms with E-state index in [4.69, 9.17) is 4.74 Å². The summed E-state index contributed by atoms with van der Waals surface area (Å²) in [7, 11) is 0.0393. The summed E-state index contributed by atoms with van der Waals surface area (Å²) < 4.78 is 15.6. The molecule has 0 N–H and O–H groups in total. The monoisotopic (exact) mass is 180 g/mol. The number of hydrogen-bond donors (Lipinski definition) is 0. The molecule has 0 fully saturated rings. The predicted octanol–water partition coefficient (Wildman–Crippen LogP) is 2.17. The summed E-state index contributed by atoms with van der Waals surface area (Å²) in [5.41, 5.74) is 0. The van der Waals surface area contributed by atoms with Gasteiger partial charge in [0.1, 0.15) is 12.4 Å². The molecule has 0 bridgehead atoms. The average molecular weight is 180 g/mol. The van der Waals surface area contributed by atoms with Crippen LogP contribution in [0.15, 0.2) is 36.9 Å². The molecule has 0 unspecified atom stereocenters. The van der Waals surface area contributed by atoms with Crippen molar-refractivity contribution in [3.05, 3.63) is 36.9 Å². The molecule has 1 aromatic rings. The number of ether oxygens (including phenoxy) is 1. The Morgan fingerprint density at radius 3 is 2.58 bits per heavy atom. The summed E-state index contributed by atoms with van der Waals surface area (Å²) in [6.45, 7) is 4.03. The van der Waals surface area contributed by atoms with Gasteiger partial charge in [0, 0.05) is 5.30 Å². The first-order valence-corrected chi connectivity index (χ1v) is 4.35. The van der Waals surface area contributed by atoms with E-state index < -0.39 is 0 Å². The quantitative estimate of drug-likeness (QED) is 0.524. The molecule has 62 valence electrons. The zero-order valence-electron chi connectivity index (χ0n) is 6.56. The van der Waals surface area contributed by atoms with Crippen LogP contribution in [-0.2, 0) is 4.57 Å². The zero-order chi connectivity index (χ0) is 8.81. The molecule has 0 saturated carbocycles. The molecule has 0 atom stereocenters. The molecule has 12 heavy (non-hydrogen) atoms. The van der Waals surface area contributed by atoms with Crippen molar-refractivity contribution in [2.24, 2.45) is 0 Å². The Kier molecular flexibility index (Phi) is 3.49. The highest BCUT2D eigenvalue weighted by molar-refractivity contribution is 7.34. The molecule has 3 heteroatoms. The van der Waals surface area contributed by atoms with Crippen molar-refractivity contribution >= 4 is 13.8 Å². The van der Waals surface area contributed by atoms with Gasteiger partial charge in [0.05, 0.1) is 0 Å². The van der Waals surface area contributed by atoms with Gasteiger partial charge in [-0.05, 0) is 24.3 Å². The third-order valence-electron chi connectivity index (χ3n) is 1.31. The standard InChI is InChI=1S/C9H9O2P/c1-2-7-11-8-3-5-9(12-10)6-4-8/h2-6H,1,7H2. The van der Waals surface area contributed by atoms with E-state index in [1.165, 1.54) is 0 Å². The first kappa shape index (κ1) is 8.95. The van der Waals surface area contributed by atoms with Crippen molar-refractivity contribution in [1.29, 1.82) is 0 Å². The molecule has 0 amide bonds. The Hall–Kier alpha value is -1.14. The fourth-order valence-corrected chi connectivity index (χ4v) is 1.03. The van der Waals surface area contributed by atoms with Gasteiger partial charge in [-0.3, -0.25) is 4.57 Å². The van der Waals surface area contributed by atoms with E-state index in [9.17, 15) is 4.57 Å². The maximum Gasteiger partial charge on any atom is 0.192 e. The van der Waals surface area contributed by atoms with Crippen LogP contribution in [0.2, 0.25) is 0 Å². The second kappa shape index (κ2) is 4.68. The van der Waals surface area contributed by atoms with E-state index in [1.54, 1.807) is 30.3 Å². The van der Waals surface area contributed by atoms with Gasteiger partial charge in [-0.2, -0.15) is 0 Å². The van der Waals surface area contributed by atoms with Crippen LogP contribution in [0.5, 0.6) is 5.75 Å². The van der Waals surface area contributed by atoms with Crippen LogP contribution in [0.3, 0.4) is 0 Å². The fraction of sp³-hybridized carbons (Fsp3) is 0.111. The molecule has 0 aliphatic rings. The molecule has 0 aromatic heterocycles. The van der Waals surface area contributed by atoms with E-state index in [-0.39, 0.29) is 8.46 Å². The number of hydrogen-bond acceptors (Lipinski definition) is 2. The Labute approximate surface area is 73.1 Å². The van der Waals surface area contributed by atoms with Gasteiger partial charge in [0.25, 0.3) is 0 Å². The first-order valence-electron chi connectivity index (χ1n) is 3.54. The lowest BCUT2D eigenvalue weighted by Crippen LogP contribution is -1.95. The lowest BCUT2D eigenvalue weighted by Gasteiger charge is -2.01. The minimum absolute atomic E-state index is 0.0393. The summed E-state index contributed by atoms with van der Waals surface area (Å²) in [6.07, 6.45) is 1.68. The number of benzene rings is 1. The summed E-state index contributed by atoms with van der Waals surface area (Å²) in [6, 6.07) is 7.08. The largest absolute Gasteiger partial charge is 0.490 e. The normalized spacial score (nSPS) is 9.67. The Morgan fingerprint density at radius 2 is 2.08 bits per heavy atom. The smallest absolute Gasteiger partial charge is 0.192 e. The van der Waals surface area contributed by atoms with Crippen LogP contribution < -0.4 is 10.0 Å². The Balaban J connectivity index is 2.64. The molecule has 0 spiro atoms. The highest BCUT2D eigenvalue weighted by atomic mass is 31.1. The van der Waals surface area contributed by atoms with Crippen LogP contribution in [0, 0.1) is 0 Å². The highest BCUT2D eigenvalue weighted by Gasteiger charge is 1.92. The highest BCUT2D eigenvalue weighted by Crippen LogP contribution is 2.09. The van der Waals surface area contributed by atoms with Crippen LogP contribution in [0.4, 0.5) is 0 Å². The predicted molar refractivity (Wildman–Crippen MR) is 49.4 cm³/mol. The maximum absolute atomic E-state index is 10.4. The van der Waals surface area contributed by atoms with Gasteiger partial charge in [-0.15, -0.1) is 0 Å².